The van der Waals surface area contributed by atoms with Crippen LogP contribution < -0.4 is 15.5 Å². The zero-order chi connectivity index (χ0) is 52.4. The Balaban J connectivity index is 0.686. The molecule has 3 aromatic carbocycles. The number of aromatic nitrogens is 4. The number of methoxy groups -OCH3 is 1. The van der Waals surface area contributed by atoms with Crippen LogP contribution in [0.1, 0.15) is 84.8 Å². The summed E-state index contributed by atoms with van der Waals surface area (Å²) in [5.41, 5.74) is 10.3. The normalized spacial score (nSPS) is 19.3. The van der Waals surface area contributed by atoms with Gasteiger partial charge in [-0.05, 0) is 141 Å². The van der Waals surface area contributed by atoms with Gasteiger partial charge in [-0.15, -0.1) is 0 Å². The van der Waals surface area contributed by atoms with E-state index in [9.17, 15) is 14.4 Å². The summed E-state index contributed by atoms with van der Waals surface area (Å²) in [7, 11) is 2.66. The topological polar surface area (TPSA) is 142 Å². The number of likely N-dealkylation sites (tertiary alicyclic amines) is 2. The van der Waals surface area contributed by atoms with Crippen LogP contribution in [0.3, 0.4) is 0 Å². The molecule has 0 saturated carbocycles. The largest absolute Gasteiger partial charge is 0.377 e. The minimum absolute atomic E-state index is 0.140. The van der Waals surface area contributed by atoms with Gasteiger partial charge < -0.3 is 33.7 Å². The molecular weight excluding hydrogens is 980 g/mol. The first kappa shape index (κ1) is 52.8. The van der Waals surface area contributed by atoms with E-state index in [0.29, 0.717) is 43.0 Å². The van der Waals surface area contributed by atoms with Crippen molar-refractivity contribution in [1.29, 1.82) is 0 Å². The lowest BCUT2D eigenvalue weighted by Crippen LogP contribution is -2.49. The Morgan fingerprint density at radius 3 is 2.36 bits per heavy atom. The predicted molar refractivity (Wildman–Crippen MR) is 301 cm³/mol. The number of pyridine rings is 1. The van der Waals surface area contributed by atoms with Crippen molar-refractivity contribution in [3.63, 3.8) is 0 Å². The van der Waals surface area contributed by atoms with Crippen molar-refractivity contribution in [3.05, 3.63) is 107 Å². The fraction of sp³-hybridized carbons (Fsp3) is 0.500. The molecule has 3 amide bonds. The van der Waals surface area contributed by atoms with Crippen molar-refractivity contribution < 1.29 is 23.9 Å². The first-order valence-electron chi connectivity index (χ1n) is 27.2. The zero-order valence-corrected chi connectivity index (χ0v) is 46.5. The van der Waals surface area contributed by atoms with Gasteiger partial charge in [-0.2, -0.15) is 0 Å². The fourth-order valence-electron chi connectivity index (χ4n) is 11.8. The van der Waals surface area contributed by atoms with Crippen molar-refractivity contribution in [2.75, 3.05) is 82.8 Å². The Bertz CT molecular complexity index is 3000. The van der Waals surface area contributed by atoms with E-state index >= 15 is 0 Å². The van der Waals surface area contributed by atoms with Crippen LogP contribution in [0, 0.1) is 5.92 Å². The molecule has 4 aliphatic rings. The molecule has 6 aromatic rings. The quantitative estimate of drug-likeness (QED) is 0.0513. The lowest BCUT2D eigenvalue weighted by Gasteiger charge is -2.40. The number of nitrogens with zero attached hydrogens (tertiary/aromatic N) is 8. The van der Waals surface area contributed by atoms with Crippen LogP contribution in [0.2, 0.25) is 30.7 Å². The van der Waals surface area contributed by atoms with Gasteiger partial charge in [0, 0.05) is 116 Å². The second-order valence-corrected chi connectivity index (χ2v) is 28.6. The number of benzene rings is 3. The molecule has 0 radical (unpaired) electrons. The van der Waals surface area contributed by atoms with Gasteiger partial charge >= 0.3 is 0 Å². The highest BCUT2D eigenvalue weighted by molar-refractivity contribution is 6.76. The average Bonchev–Trinajstić information content (AvgIpc) is 3.94. The average molecular weight is 1060 g/mol. The van der Waals surface area contributed by atoms with Crippen molar-refractivity contribution in [2.45, 2.75) is 102 Å². The molecule has 0 aliphatic carbocycles. The second kappa shape index (κ2) is 22.9. The van der Waals surface area contributed by atoms with Crippen molar-refractivity contribution >= 4 is 70.8 Å². The molecule has 0 spiro atoms. The number of fused-ring (bicyclic) bond motifs is 2. The van der Waals surface area contributed by atoms with Gasteiger partial charge in [0.15, 0.2) is 0 Å². The van der Waals surface area contributed by atoms with E-state index in [1.807, 2.05) is 24.4 Å². The van der Waals surface area contributed by atoms with E-state index in [2.05, 4.69) is 128 Å². The van der Waals surface area contributed by atoms with E-state index in [-0.39, 0.29) is 23.8 Å². The van der Waals surface area contributed by atoms with Crippen LogP contribution in [0.25, 0.3) is 33.2 Å². The van der Waals surface area contributed by atoms with Gasteiger partial charge in [0.1, 0.15) is 30.9 Å². The van der Waals surface area contributed by atoms with Gasteiger partial charge in [-0.3, -0.25) is 29.5 Å². The Hall–Kier alpha value is -5.62. The lowest BCUT2D eigenvalue weighted by atomic mass is 9.88. The Morgan fingerprint density at radius 1 is 0.893 bits per heavy atom. The van der Waals surface area contributed by atoms with Crippen LogP contribution in [-0.4, -0.2) is 138 Å². The van der Waals surface area contributed by atoms with E-state index in [1.54, 1.807) is 7.11 Å². The third-order valence-electron chi connectivity index (χ3n) is 16.4. The predicted octanol–water partition coefficient (Wildman–Crippen LogP) is 9.53. The third-order valence-corrected chi connectivity index (χ3v) is 18.4. The van der Waals surface area contributed by atoms with Crippen molar-refractivity contribution in [2.24, 2.45) is 13.0 Å². The molecule has 4 aliphatic heterocycles. The number of piperazine rings is 1. The monoisotopic (exact) mass is 1050 g/mol. The molecular formula is C58H75ClN10O5Si. The zero-order valence-electron chi connectivity index (χ0n) is 44.7. The van der Waals surface area contributed by atoms with Crippen molar-refractivity contribution in [1.82, 2.24) is 39.1 Å². The number of rotatable bonds is 17. The van der Waals surface area contributed by atoms with E-state index in [0.717, 1.165) is 153 Å². The minimum Gasteiger partial charge on any atom is -0.377 e. The molecule has 1 unspecified atom stereocenters. The van der Waals surface area contributed by atoms with Gasteiger partial charge in [0.05, 0.1) is 21.7 Å². The number of hydrogen-bond donors (Lipinski definition) is 2. The highest BCUT2D eigenvalue weighted by Gasteiger charge is 2.31. The molecule has 15 nitrogen and oxygen atoms in total. The van der Waals surface area contributed by atoms with E-state index in [4.69, 9.17) is 31.0 Å². The summed E-state index contributed by atoms with van der Waals surface area (Å²) >= 11 is 6.76. The van der Waals surface area contributed by atoms with Crippen LogP contribution in [0.4, 0.5) is 11.4 Å². The Kier molecular flexibility index (Phi) is 16.1. The van der Waals surface area contributed by atoms with Crippen LogP contribution >= 0.6 is 11.6 Å². The number of amides is 3. The molecule has 2 atom stereocenters. The number of hydrogen-bond acceptors (Lipinski definition) is 11. The maximum Gasteiger partial charge on any atom is 0.253 e. The SMILES string of the molecule is COCc1nc2cc(-c3ccnc4c3cc([C@H](C)N3CCC(c5ccc(C(=O)N6CCC(CN7CCN(c8ccc(NC9CCC(=O)NC9=O)cc8Cl)CC7)CC6)cc5)CC3)n4C)ccc2n1COCC[Si](C)(C)C. The van der Waals surface area contributed by atoms with Gasteiger partial charge in [0.2, 0.25) is 11.8 Å². The summed E-state index contributed by atoms with van der Waals surface area (Å²) < 4.78 is 16.1. The van der Waals surface area contributed by atoms with Crippen LogP contribution in [0.15, 0.2) is 79.0 Å². The lowest BCUT2D eigenvalue weighted by molar-refractivity contribution is -0.133. The molecule has 4 fully saturated rings. The number of aryl methyl sites for hydroxylation is 1. The minimum atomic E-state index is -1.19. The first-order chi connectivity index (χ1) is 36.2. The first-order valence-corrected chi connectivity index (χ1v) is 31.3. The number of carbonyl (C=O) groups excluding carboxylic acids is 3. The fourth-order valence-corrected chi connectivity index (χ4v) is 12.8. The highest BCUT2D eigenvalue weighted by Crippen LogP contribution is 2.38. The van der Waals surface area contributed by atoms with Crippen LogP contribution in [-0.2, 0) is 39.4 Å². The number of ether oxygens (including phenoxy) is 2. The number of imide groups is 1. The molecule has 10 rings (SSSR count). The molecule has 2 N–H and O–H groups in total. The Labute approximate surface area is 447 Å². The third kappa shape index (κ3) is 12.0. The Morgan fingerprint density at radius 2 is 1.65 bits per heavy atom. The summed E-state index contributed by atoms with van der Waals surface area (Å²) in [5, 5.41) is 7.41. The summed E-state index contributed by atoms with van der Waals surface area (Å²) in [6.45, 7) is 19.4. The number of imidazole rings is 1. The summed E-state index contributed by atoms with van der Waals surface area (Å²) in [4.78, 5) is 57.0. The number of nitrogens with one attached hydrogen (secondary N) is 2. The molecule has 398 valence electrons. The standard InChI is InChI=1S/C58H75ClN10O5Si/c1-39(53-35-47-46(17-22-60-56(47)64(53)2)44-11-14-52-50(33-44)62-54(37-73-3)69(52)38-74-31-32-75(4,5)6)66-25-20-42(21-26-66)41-7-9-43(10-8-41)58(72)68-23-18-40(19-24-68)36-65-27-29-67(30-28-65)51-15-12-45(34-48(51)59)61-49-13-16-55(70)63-57(49)71/h7-12,14-15,17,22,33-35,39-40,42,49,61H,13,16,18-21,23-32,36-38H2,1-6H3,(H,63,70,71)/t39-,49?/m0/s1. The van der Waals surface area contributed by atoms with E-state index in [1.165, 1.54) is 11.3 Å². The molecule has 7 heterocycles. The molecule has 75 heavy (non-hydrogen) atoms. The van der Waals surface area contributed by atoms with Gasteiger partial charge in [-0.1, -0.05) is 49.4 Å². The number of halogens is 1. The van der Waals surface area contributed by atoms with E-state index < -0.39 is 14.1 Å². The number of piperidine rings is 3. The maximum atomic E-state index is 13.8. The maximum absolute atomic E-state index is 13.8. The summed E-state index contributed by atoms with van der Waals surface area (Å²) in [6.07, 6.45) is 6.88. The van der Waals surface area contributed by atoms with Gasteiger partial charge in [0.25, 0.3) is 5.91 Å². The molecule has 4 saturated heterocycles. The second-order valence-electron chi connectivity index (χ2n) is 22.6. The number of carbonyl (C=O) groups is 3. The summed E-state index contributed by atoms with van der Waals surface area (Å²) in [5.74, 6) is 1.51. The molecule has 0 bridgehead atoms. The highest BCUT2D eigenvalue weighted by atomic mass is 35.5. The van der Waals surface area contributed by atoms with Crippen molar-refractivity contribution in [3.8, 4) is 11.1 Å². The number of anilines is 2. The molecule has 3 aromatic heterocycles. The molecule has 17 heteroatoms. The smallest absolute Gasteiger partial charge is 0.253 e. The van der Waals surface area contributed by atoms with Gasteiger partial charge in [-0.25, -0.2) is 9.97 Å². The van der Waals surface area contributed by atoms with Crippen LogP contribution in [0.5, 0.6) is 0 Å². The summed E-state index contributed by atoms with van der Waals surface area (Å²) in [6, 6.07) is 26.3.